The van der Waals surface area contributed by atoms with E-state index in [4.69, 9.17) is 10.5 Å². The summed E-state index contributed by atoms with van der Waals surface area (Å²) in [5.41, 5.74) is 8.49. The zero-order chi connectivity index (χ0) is 22.6. The molecule has 8 heteroatoms. The maximum absolute atomic E-state index is 14.9. The molecule has 1 aliphatic heterocycles. The number of likely N-dealkylation sites (N-methyl/N-ethyl adjacent to an activating group) is 1. The molecule has 3 N–H and O–H groups in total. The van der Waals surface area contributed by atoms with Gasteiger partial charge in [-0.1, -0.05) is 12.1 Å². The summed E-state index contributed by atoms with van der Waals surface area (Å²) in [6, 6.07) is 11.8. The number of ether oxygens (including phenoxy) is 1. The minimum absolute atomic E-state index is 0.0217. The maximum atomic E-state index is 14.9. The number of aromatic amines is 1. The summed E-state index contributed by atoms with van der Waals surface area (Å²) in [5.74, 6) is -0.517. The van der Waals surface area contributed by atoms with Gasteiger partial charge in [0.2, 0.25) is 5.95 Å². The number of nitrogens with two attached hydrogens (primary N) is 1. The monoisotopic (exact) mass is 434 g/mol. The summed E-state index contributed by atoms with van der Waals surface area (Å²) in [4.78, 5) is 20.3. The first-order valence-corrected chi connectivity index (χ1v) is 10.0. The first kappa shape index (κ1) is 20.1. The molecule has 4 aromatic rings. The smallest absolute Gasteiger partial charge is 0.256 e. The molecule has 6 nitrogen and oxygen atoms in total. The first-order chi connectivity index (χ1) is 15.3. The van der Waals surface area contributed by atoms with Crippen molar-refractivity contribution in [3.63, 3.8) is 0 Å². The molecule has 5 rings (SSSR count). The molecule has 1 atom stereocenters. The van der Waals surface area contributed by atoms with Crippen LogP contribution >= 0.6 is 0 Å². The lowest BCUT2D eigenvalue weighted by Crippen LogP contribution is -2.20. The van der Waals surface area contributed by atoms with Crippen molar-refractivity contribution >= 4 is 16.6 Å². The van der Waals surface area contributed by atoms with Gasteiger partial charge in [0.25, 0.3) is 5.56 Å². The number of nitrogen functional groups attached to an aromatic ring is 1. The minimum Gasteiger partial charge on any atom is -0.491 e. The lowest BCUT2D eigenvalue weighted by Gasteiger charge is -2.18. The van der Waals surface area contributed by atoms with Crippen molar-refractivity contribution in [1.82, 2.24) is 14.9 Å². The normalized spacial score (nSPS) is 15.2. The van der Waals surface area contributed by atoms with Gasteiger partial charge in [-0.3, -0.25) is 9.69 Å². The molecule has 1 aliphatic rings. The van der Waals surface area contributed by atoms with E-state index in [-0.39, 0.29) is 28.2 Å². The van der Waals surface area contributed by atoms with Crippen LogP contribution in [0.1, 0.15) is 11.6 Å². The maximum Gasteiger partial charge on any atom is 0.256 e. The lowest BCUT2D eigenvalue weighted by molar-refractivity contribution is 0.227. The van der Waals surface area contributed by atoms with Crippen LogP contribution < -0.4 is 16.0 Å². The predicted octanol–water partition coefficient (Wildman–Crippen LogP) is 4.11. The van der Waals surface area contributed by atoms with Crippen LogP contribution in [0.3, 0.4) is 0 Å². The molecule has 162 valence electrons. The number of benzene rings is 2. The van der Waals surface area contributed by atoms with Gasteiger partial charge in [0.1, 0.15) is 24.0 Å². The lowest BCUT2D eigenvalue weighted by atomic mass is 9.96. The Bertz CT molecular complexity index is 1430. The van der Waals surface area contributed by atoms with E-state index in [1.54, 1.807) is 18.2 Å². The third-order valence-electron chi connectivity index (χ3n) is 5.87. The van der Waals surface area contributed by atoms with Gasteiger partial charge >= 0.3 is 0 Å². The number of rotatable bonds is 3. The van der Waals surface area contributed by atoms with Gasteiger partial charge in [-0.05, 0) is 55.6 Å². The molecule has 0 radical (unpaired) electrons. The van der Waals surface area contributed by atoms with E-state index in [0.29, 0.717) is 23.3 Å². The van der Waals surface area contributed by atoms with Gasteiger partial charge < -0.3 is 15.5 Å². The fourth-order valence-corrected chi connectivity index (χ4v) is 4.12. The number of hydrogen-bond donors (Lipinski definition) is 2. The minimum atomic E-state index is -0.699. The molecule has 2 aromatic heterocycles. The fourth-order valence-electron chi connectivity index (χ4n) is 4.12. The second kappa shape index (κ2) is 7.42. The summed E-state index contributed by atoms with van der Waals surface area (Å²) in [5, 5.41) is 0.371. The van der Waals surface area contributed by atoms with Crippen LogP contribution in [-0.4, -0.2) is 35.6 Å². The third-order valence-corrected chi connectivity index (χ3v) is 5.87. The molecular formula is C24H20F2N4O2. The summed E-state index contributed by atoms with van der Waals surface area (Å²) in [7, 11) is 3.92. The molecular weight excluding hydrogens is 414 g/mol. The summed E-state index contributed by atoms with van der Waals surface area (Å²) in [6.45, 7) is 0.529. The van der Waals surface area contributed by atoms with Crippen molar-refractivity contribution < 1.29 is 13.5 Å². The van der Waals surface area contributed by atoms with Gasteiger partial charge in [-0.15, -0.1) is 0 Å². The molecule has 2 aromatic carbocycles. The standard InChI is InChI=1S/C24H20F2N4O2/c1-30(2)20-11-32-21-6-4-12(8-18(20)21)15-9-16(23(27)29-22(15)26)13-3-5-14-17(7-13)19(25)10-28-24(14)31/h3-10,20H,11H2,1-2H3,(H2,27,29)(H,28,31)/t20-/m1/s1. The number of nitrogens with one attached hydrogen (secondary N) is 1. The largest absolute Gasteiger partial charge is 0.491 e. The zero-order valence-corrected chi connectivity index (χ0v) is 17.4. The molecule has 0 unspecified atom stereocenters. The third kappa shape index (κ3) is 3.20. The van der Waals surface area contributed by atoms with E-state index in [1.807, 2.05) is 31.1 Å². The van der Waals surface area contributed by atoms with Crippen molar-refractivity contribution in [2.75, 3.05) is 26.4 Å². The number of aromatic nitrogens is 2. The van der Waals surface area contributed by atoms with Crippen LogP contribution in [0.2, 0.25) is 0 Å². The molecule has 0 spiro atoms. The van der Waals surface area contributed by atoms with Gasteiger partial charge in [0, 0.05) is 33.7 Å². The highest BCUT2D eigenvalue weighted by molar-refractivity contribution is 5.89. The van der Waals surface area contributed by atoms with E-state index < -0.39 is 17.3 Å². The van der Waals surface area contributed by atoms with Crippen LogP contribution in [0.25, 0.3) is 33.0 Å². The number of halogens is 2. The molecule has 0 aliphatic carbocycles. The zero-order valence-electron chi connectivity index (χ0n) is 17.4. The van der Waals surface area contributed by atoms with Crippen molar-refractivity contribution in [3.05, 3.63) is 76.3 Å². The first-order valence-electron chi connectivity index (χ1n) is 10.0. The summed E-state index contributed by atoms with van der Waals surface area (Å²) in [6.07, 6.45) is 1.01. The van der Waals surface area contributed by atoms with Crippen LogP contribution in [0.5, 0.6) is 5.75 Å². The Morgan fingerprint density at radius 2 is 1.81 bits per heavy atom. The van der Waals surface area contributed by atoms with Crippen molar-refractivity contribution in [1.29, 1.82) is 0 Å². The van der Waals surface area contributed by atoms with Crippen molar-refractivity contribution in [2.45, 2.75) is 6.04 Å². The van der Waals surface area contributed by atoms with Crippen molar-refractivity contribution in [3.8, 4) is 28.0 Å². The second-order valence-electron chi connectivity index (χ2n) is 8.03. The fraction of sp³-hybridized carbons (Fsp3) is 0.167. The Morgan fingerprint density at radius 3 is 2.59 bits per heavy atom. The molecule has 0 bridgehead atoms. The Morgan fingerprint density at radius 1 is 1.06 bits per heavy atom. The summed E-state index contributed by atoms with van der Waals surface area (Å²) < 4.78 is 34.9. The highest BCUT2D eigenvalue weighted by Crippen LogP contribution is 2.39. The Hall–Kier alpha value is -3.78. The van der Waals surface area contributed by atoms with E-state index in [0.717, 1.165) is 17.5 Å². The van der Waals surface area contributed by atoms with Crippen molar-refractivity contribution in [2.24, 2.45) is 0 Å². The molecule has 0 fully saturated rings. The molecule has 0 saturated carbocycles. The number of fused-ring (bicyclic) bond motifs is 2. The van der Waals surface area contributed by atoms with E-state index >= 15 is 0 Å². The quantitative estimate of drug-likeness (QED) is 0.474. The Balaban J connectivity index is 1.65. The van der Waals surface area contributed by atoms with E-state index in [1.165, 1.54) is 12.1 Å². The van der Waals surface area contributed by atoms with Crippen LogP contribution in [0.4, 0.5) is 14.6 Å². The van der Waals surface area contributed by atoms with Crippen LogP contribution in [0, 0.1) is 11.8 Å². The van der Waals surface area contributed by atoms with Gasteiger partial charge in [-0.25, -0.2) is 9.37 Å². The predicted molar refractivity (Wildman–Crippen MR) is 119 cm³/mol. The van der Waals surface area contributed by atoms with Gasteiger partial charge in [0.15, 0.2) is 0 Å². The SMILES string of the molecule is CN(C)[C@@H]1COc2ccc(-c3cc(-c4ccc5c(=O)[nH]cc(F)c5c4)c(N)nc3F)cc21. The highest BCUT2D eigenvalue weighted by atomic mass is 19.1. The number of hydrogen-bond acceptors (Lipinski definition) is 5. The molecule has 3 heterocycles. The number of anilines is 1. The molecule has 0 amide bonds. The topological polar surface area (TPSA) is 84.2 Å². The number of H-pyrrole nitrogens is 1. The Kier molecular flexibility index (Phi) is 4.67. The number of nitrogens with zero attached hydrogens (tertiary/aromatic N) is 2. The second-order valence-corrected chi connectivity index (χ2v) is 8.03. The average molecular weight is 434 g/mol. The van der Waals surface area contributed by atoms with Gasteiger partial charge in [-0.2, -0.15) is 4.39 Å². The molecule has 0 saturated heterocycles. The van der Waals surface area contributed by atoms with E-state index in [9.17, 15) is 13.6 Å². The van der Waals surface area contributed by atoms with Gasteiger partial charge in [0.05, 0.1) is 6.04 Å². The summed E-state index contributed by atoms with van der Waals surface area (Å²) >= 11 is 0. The van der Waals surface area contributed by atoms with Crippen LogP contribution in [-0.2, 0) is 0 Å². The van der Waals surface area contributed by atoms with Crippen LogP contribution in [0.15, 0.2) is 53.5 Å². The highest BCUT2D eigenvalue weighted by Gasteiger charge is 2.27. The number of pyridine rings is 2. The van der Waals surface area contributed by atoms with E-state index in [2.05, 4.69) is 9.97 Å². The Labute approximate surface area is 182 Å². The average Bonchev–Trinajstić information content (AvgIpc) is 3.20. The molecule has 32 heavy (non-hydrogen) atoms.